The van der Waals surface area contributed by atoms with E-state index in [1.807, 2.05) is 13.0 Å². The molecule has 0 fully saturated rings. The van der Waals surface area contributed by atoms with E-state index in [-0.39, 0.29) is 11.3 Å². The van der Waals surface area contributed by atoms with Crippen LogP contribution in [0.2, 0.25) is 5.02 Å². The summed E-state index contributed by atoms with van der Waals surface area (Å²) in [5.74, 6) is -0.143. The van der Waals surface area contributed by atoms with Crippen molar-refractivity contribution in [1.29, 1.82) is 0 Å². The SMILES string of the molecule is Cc1ccc(Cl)cc1N=Cc1c(O)c2ccccc2oc1=O. The van der Waals surface area contributed by atoms with E-state index in [4.69, 9.17) is 16.0 Å². The minimum atomic E-state index is -0.639. The van der Waals surface area contributed by atoms with E-state index in [2.05, 4.69) is 4.99 Å². The van der Waals surface area contributed by atoms with Gasteiger partial charge in [-0.2, -0.15) is 0 Å². The average Bonchev–Trinajstić information content (AvgIpc) is 2.50. The predicted molar refractivity (Wildman–Crippen MR) is 87.6 cm³/mol. The summed E-state index contributed by atoms with van der Waals surface area (Å²) in [5.41, 5.74) is 1.24. The van der Waals surface area contributed by atoms with Gasteiger partial charge in [-0.05, 0) is 36.8 Å². The second-order valence-corrected chi connectivity index (χ2v) is 5.27. The first kappa shape index (κ1) is 14.4. The molecule has 0 aliphatic carbocycles. The number of nitrogens with zero attached hydrogens (tertiary/aromatic N) is 1. The van der Waals surface area contributed by atoms with Gasteiger partial charge in [0.05, 0.1) is 11.1 Å². The van der Waals surface area contributed by atoms with E-state index in [1.54, 1.807) is 36.4 Å². The highest BCUT2D eigenvalue weighted by molar-refractivity contribution is 6.30. The van der Waals surface area contributed by atoms with E-state index in [0.717, 1.165) is 5.56 Å². The molecule has 0 amide bonds. The molecule has 1 N–H and O–H groups in total. The van der Waals surface area contributed by atoms with E-state index in [1.165, 1.54) is 6.21 Å². The van der Waals surface area contributed by atoms with Gasteiger partial charge in [0.1, 0.15) is 16.9 Å². The molecule has 2 aromatic carbocycles. The van der Waals surface area contributed by atoms with Gasteiger partial charge in [-0.25, -0.2) is 4.79 Å². The van der Waals surface area contributed by atoms with Gasteiger partial charge >= 0.3 is 5.63 Å². The Bertz CT molecular complexity index is 944. The molecule has 0 unspecified atom stereocenters. The summed E-state index contributed by atoms with van der Waals surface area (Å²) >= 11 is 5.94. The van der Waals surface area contributed by atoms with Gasteiger partial charge in [-0.15, -0.1) is 0 Å². The number of halogens is 1. The topological polar surface area (TPSA) is 62.8 Å². The van der Waals surface area contributed by atoms with Crippen molar-refractivity contribution in [1.82, 2.24) is 0 Å². The highest BCUT2D eigenvalue weighted by Gasteiger charge is 2.11. The molecular weight excluding hydrogens is 302 g/mol. The predicted octanol–water partition coefficient (Wildman–Crippen LogP) is 4.21. The fourth-order valence-corrected chi connectivity index (χ4v) is 2.28. The Morgan fingerprint density at radius 2 is 2.00 bits per heavy atom. The van der Waals surface area contributed by atoms with Crippen LogP contribution in [0.5, 0.6) is 5.75 Å². The summed E-state index contributed by atoms with van der Waals surface area (Å²) in [6.45, 7) is 1.88. The third-order valence-corrected chi connectivity index (χ3v) is 3.56. The van der Waals surface area contributed by atoms with Crippen LogP contribution in [0.15, 0.2) is 56.7 Å². The number of aryl methyl sites for hydroxylation is 1. The number of hydrogen-bond donors (Lipinski definition) is 1. The summed E-state index contributed by atoms with van der Waals surface area (Å²) in [6, 6.07) is 12.1. The van der Waals surface area contributed by atoms with Gasteiger partial charge in [0, 0.05) is 11.2 Å². The van der Waals surface area contributed by atoms with Gasteiger partial charge in [0.15, 0.2) is 0 Å². The summed E-state index contributed by atoms with van der Waals surface area (Å²) < 4.78 is 5.18. The zero-order chi connectivity index (χ0) is 15.7. The van der Waals surface area contributed by atoms with Crippen molar-refractivity contribution in [2.24, 2.45) is 4.99 Å². The van der Waals surface area contributed by atoms with Crippen molar-refractivity contribution in [3.63, 3.8) is 0 Å². The first-order valence-corrected chi connectivity index (χ1v) is 6.99. The van der Waals surface area contributed by atoms with Crippen LogP contribution in [0.3, 0.4) is 0 Å². The molecule has 0 saturated carbocycles. The van der Waals surface area contributed by atoms with Crippen molar-refractivity contribution < 1.29 is 9.52 Å². The Labute approximate surface area is 131 Å². The molecule has 0 aliphatic rings. The number of aromatic hydroxyl groups is 1. The molecule has 0 bridgehead atoms. The Morgan fingerprint density at radius 1 is 1.23 bits per heavy atom. The molecule has 0 spiro atoms. The summed E-state index contributed by atoms with van der Waals surface area (Å²) in [6.07, 6.45) is 1.30. The average molecular weight is 314 g/mol. The molecule has 0 atom stereocenters. The first-order valence-electron chi connectivity index (χ1n) is 6.61. The van der Waals surface area contributed by atoms with E-state index in [0.29, 0.717) is 21.7 Å². The fourth-order valence-electron chi connectivity index (χ4n) is 2.12. The first-order chi connectivity index (χ1) is 10.6. The third kappa shape index (κ3) is 2.61. The van der Waals surface area contributed by atoms with E-state index >= 15 is 0 Å². The fraction of sp³-hybridized carbons (Fsp3) is 0.0588. The molecule has 0 saturated heterocycles. The lowest BCUT2D eigenvalue weighted by atomic mass is 10.1. The zero-order valence-corrected chi connectivity index (χ0v) is 12.5. The lowest BCUT2D eigenvalue weighted by molar-refractivity contribution is 0.466. The molecule has 4 nitrogen and oxygen atoms in total. The number of para-hydroxylation sites is 1. The maximum Gasteiger partial charge on any atom is 0.348 e. The number of aliphatic imine (C=N–C) groups is 1. The lowest BCUT2D eigenvalue weighted by Gasteiger charge is -2.03. The molecule has 3 aromatic rings. The lowest BCUT2D eigenvalue weighted by Crippen LogP contribution is -2.06. The van der Waals surface area contributed by atoms with Crippen LogP contribution in [-0.4, -0.2) is 11.3 Å². The molecule has 1 heterocycles. The van der Waals surface area contributed by atoms with Gasteiger partial charge in [-0.1, -0.05) is 29.8 Å². The minimum Gasteiger partial charge on any atom is -0.506 e. The van der Waals surface area contributed by atoms with E-state index in [9.17, 15) is 9.90 Å². The molecular formula is C17H12ClNO3. The Morgan fingerprint density at radius 3 is 2.82 bits per heavy atom. The van der Waals surface area contributed by atoms with Crippen LogP contribution in [-0.2, 0) is 0 Å². The minimum absolute atomic E-state index is 0.0121. The highest BCUT2D eigenvalue weighted by Crippen LogP contribution is 2.26. The summed E-state index contributed by atoms with van der Waals surface area (Å²) in [4.78, 5) is 16.2. The molecule has 0 aliphatic heterocycles. The zero-order valence-electron chi connectivity index (χ0n) is 11.7. The molecule has 3 rings (SSSR count). The smallest absolute Gasteiger partial charge is 0.348 e. The largest absolute Gasteiger partial charge is 0.506 e. The summed E-state index contributed by atoms with van der Waals surface area (Å²) in [5, 5.41) is 11.3. The molecule has 0 radical (unpaired) electrons. The second-order valence-electron chi connectivity index (χ2n) is 4.84. The number of benzene rings is 2. The van der Waals surface area contributed by atoms with Crippen molar-refractivity contribution >= 4 is 34.5 Å². The normalized spacial score (nSPS) is 11.4. The van der Waals surface area contributed by atoms with E-state index < -0.39 is 5.63 Å². The monoisotopic (exact) mass is 313 g/mol. The van der Waals surface area contributed by atoms with Gasteiger partial charge in [0.25, 0.3) is 0 Å². The van der Waals surface area contributed by atoms with Crippen LogP contribution in [0.25, 0.3) is 11.0 Å². The third-order valence-electron chi connectivity index (χ3n) is 3.32. The van der Waals surface area contributed by atoms with Gasteiger partial charge < -0.3 is 9.52 Å². The van der Waals surface area contributed by atoms with Gasteiger partial charge in [-0.3, -0.25) is 4.99 Å². The molecule has 5 heteroatoms. The Balaban J connectivity index is 2.13. The number of rotatable bonds is 2. The van der Waals surface area contributed by atoms with Crippen LogP contribution in [0.1, 0.15) is 11.1 Å². The summed E-state index contributed by atoms with van der Waals surface area (Å²) in [7, 11) is 0. The van der Waals surface area contributed by atoms with Crippen molar-refractivity contribution in [3.05, 3.63) is 69.0 Å². The maximum absolute atomic E-state index is 12.0. The Hall–Kier alpha value is -2.59. The number of fused-ring (bicyclic) bond motifs is 1. The van der Waals surface area contributed by atoms with Crippen LogP contribution in [0.4, 0.5) is 5.69 Å². The Kier molecular flexibility index (Phi) is 3.69. The van der Waals surface area contributed by atoms with Crippen LogP contribution >= 0.6 is 11.6 Å². The van der Waals surface area contributed by atoms with Crippen molar-refractivity contribution in [2.45, 2.75) is 6.92 Å². The second kappa shape index (κ2) is 5.66. The molecule has 110 valence electrons. The van der Waals surface area contributed by atoms with Crippen LogP contribution in [0, 0.1) is 6.92 Å². The van der Waals surface area contributed by atoms with Crippen LogP contribution < -0.4 is 5.63 Å². The van der Waals surface area contributed by atoms with Crippen molar-refractivity contribution in [2.75, 3.05) is 0 Å². The van der Waals surface area contributed by atoms with Crippen molar-refractivity contribution in [3.8, 4) is 5.75 Å². The molecule has 1 aromatic heterocycles. The molecule has 22 heavy (non-hydrogen) atoms. The quantitative estimate of drug-likeness (QED) is 0.569. The highest BCUT2D eigenvalue weighted by atomic mass is 35.5. The standard InChI is InChI=1S/C17H12ClNO3/c1-10-6-7-11(18)8-14(10)19-9-13-16(20)12-4-2-3-5-15(12)22-17(13)21/h2-9,20H,1H3. The maximum atomic E-state index is 12.0. The van der Waals surface area contributed by atoms with Gasteiger partial charge in [0.2, 0.25) is 0 Å². The number of hydrogen-bond acceptors (Lipinski definition) is 4.